The number of hydrogen-bond donors (Lipinski definition) is 1. The molecule has 2 aromatic heterocycles. The summed E-state index contributed by atoms with van der Waals surface area (Å²) in [7, 11) is -4.37. The molecule has 0 radical (unpaired) electrons. The molecule has 0 bridgehead atoms. The lowest BCUT2D eigenvalue weighted by atomic mass is 10.2. The summed E-state index contributed by atoms with van der Waals surface area (Å²) in [4.78, 5) is 4.10. The third kappa shape index (κ3) is 4.11. The molecule has 26 heavy (non-hydrogen) atoms. The van der Waals surface area contributed by atoms with E-state index < -0.39 is 20.9 Å². The summed E-state index contributed by atoms with van der Waals surface area (Å²) >= 11 is 2.17. The predicted octanol–water partition coefficient (Wildman–Crippen LogP) is 3.46. The minimum atomic E-state index is -3.83. The fourth-order valence-corrected chi connectivity index (χ4v) is 4.28. The van der Waals surface area contributed by atoms with Gasteiger partial charge in [0.25, 0.3) is 0 Å². The molecule has 0 saturated heterocycles. The zero-order chi connectivity index (χ0) is 18.9. The van der Waals surface area contributed by atoms with Gasteiger partial charge in [-0.05, 0) is 36.7 Å². The lowest BCUT2D eigenvalue weighted by Crippen LogP contribution is -2.11. The molecule has 0 aliphatic heterocycles. The molecule has 138 valence electrons. The fourth-order valence-electron chi connectivity index (χ4n) is 1.85. The number of thiazole rings is 1. The highest BCUT2D eigenvalue weighted by atomic mass is 32.2. The molecule has 2 N–H and O–H groups in total. The topological polar surface area (TPSA) is 149 Å². The molecular formula is C12H11N6O4S4-. The van der Waals surface area contributed by atoms with Crippen LogP contribution in [0.25, 0.3) is 10.9 Å². The highest BCUT2D eigenvalue weighted by molar-refractivity contribution is 7.89. The van der Waals surface area contributed by atoms with Crippen LogP contribution in [0.2, 0.25) is 0 Å². The van der Waals surface area contributed by atoms with Gasteiger partial charge >= 0.3 is 0 Å². The van der Waals surface area contributed by atoms with Crippen LogP contribution in [0.5, 0.6) is 0 Å². The van der Waals surface area contributed by atoms with Gasteiger partial charge in [-0.2, -0.15) is 4.37 Å². The standard InChI is InChI=1S/C12H11N6O4S4/c1-6-10(23-12(14-6)18-25(19)22-2)15-16-11-8-5-7(26(13,20)21)3-4-9(8)17-24-11/h3-5H,1-2H3,(H2,13,20,21)/q-1. The van der Waals surface area contributed by atoms with E-state index >= 15 is 0 Å². The Bertz CT molecular complexity index is 1190. The number of hydrogen-bond acceptors (Lipinski definition) is 12. The number of nitrogens with two attached hydrogens (primary N) is 1. The van der Waals surface area contributed by atoms with E-state index in [0.29, 0.717) is 26.6 Å². The fraction of sp³-hybridized carbons (Fsp3) is 0.167. The van der Waals surface area contributed by atoms with Crippen LogP contribution >= 0.6 is 22.9 Å². The van der Waals surface area contributed by atoms with Gasteiger partial charge in [-0.1, -0.05) is 22.2 Å². The second-order valence-corrected chi connectivity index (χ2v) is 8.99. The number of aromatic nitrogens is 2. The zero-order valence-corrected chi connectivity index (χ0v) is 16.6. The van der Waals surface area contributed by atoms with E-state index in [1.54, 1.807) is 13.0 Å². The van der Waals surface area contributed by atoms with E-state index in [2.05, 4.69) is 28.1 Å². The molecular weight excluding hydrogens is 420 g/mol. The van der Waals surface area contributed by atoms with Crippen LogP contribution in [0.15, 0.2) is 37.7 Å². The van der Waals surface area contributed by atoms with Gasteiger partial charge in [0.1, 0.15) is 0 Å². The van der Waals surface area contributed by atoms with Crippen molar-refractivity contribution < 1.29 is 16.8 Å². The maximum atomic E-state index is 11.5. The Hall–Kier alpha value is -1.84. The first-order chi connectivity index (χ1) is 12.3. The quantitative estimate of drug-likeness (QED) is 0.483. The number of rotatable bonds is 5. The molecule has 3 aromatic rings. The molecule has 0 saturated carbocycles. The molecule has 14 heteroatoms. The maximum absolute atomic E-state index is 11.5. The monoisotopic (exact) mass is 431 g/mol. The Labute approximate surface area is 158 Å². The Kier molecular flexibility index (Phi) is 5.40. The van der Waals surface area contributed by atoms with Gasteiger partial charge < -0.3 is 12.8 Å². The van der Waals surface area contributed by atoms with E-state index in [1.165, 1.54) is 19.2 Å². The third-order valence-corrected chi connectivity index (χ3v) is 6.38. The summed E-state index contributed by atoms with van der Waals surface area (Å²) < 4.78 is 46.8. The van der Waals surface area contributed by atoms with Crippen molar-refractivity contribution in [3.63, 3.8) is 0 Å². The SMILES string of the molecule is CO[S-](=O)=Nc1nc(C)c(N=Nc2snc3ccc(S(N)(=O)=O)cc23)s1. The Morgan fingerprint density at radius 2 is 2.00 bits per heavy atom. The molecule has 0 unspecified atom stereocenters. The van der Waals surface area contributed by atoms with Crippen molar-refractivity contribution in [2.75, 3.05) is 7.11 Å². The molecule has 0 amide bonds. The van der Waals surface area contributed by atoms with Gasteiger partial charge in [-0.3, -0.25) is 0 Å². The second kappa shape index (κ2) is 7.42. The number of aryl methyl sites for hydroxylation is 1. The first-order valence-electron chi connectivity index (χ1n) is 6.77. The molecule has 10 nitrogen and oxygen atoms in total. The van der Waals surface area contributed by atoms with Crippen LogP contribution in [0.1, 0.15) is 5.69 Å². The first kappa shape index (κ1) is 18.9. The van der Waals surface area contributed by atoms with Crippen molar-refractivity contribution in [2.45, 2.75) is 11.8 Å². The Morgan fingerprint density at radius 1 is 1.27 bits per heavy atom. The largest absolute Gasteiger partial charge is 0.441 e. The summed E-state index contributed by atoms with van der Waals surface area (Å²) in [5.74, 6) is 0. The van der Waals surface area contributed by atoms with E-state index in [4.69, 9.17) is 5.14 Å². The first-order valence-corrected chi connectivity index (χ1v) is 10.9. The summed E-state index contributed by atoms with van der Waals surface area (Å²) in [5.41, 5.74) is 1.15. The molecule has 3 rings (SSSR count). The minimum absolute atomic E-state index is 0.0289. The molecule has 0 spiro atoms. The maximum Gasteiger partial charge on any atom is 0.238 e. The molecule has 1 aromatic carbocycles. The third-order valence-electron chi connectivity index (χ3n) is 3.05. The van der Waals surface area contributed by atoms with Crippen molar-refractivity contribution >= 4 is 69.8 Å². The smallest absolute Gasteiger partial charge is 0.238 e. The summed E-state index contributed by atoms with van der Waals surface area (Å²) in [6.45, 7) is 1.71. The molecule has 0 fully saturated rings. The van der Waals surface area contributed by atoms with Crippen molar-refractivity contribution in [3.05, 3.63) is 23.9 Å². The number of azo groups is 1. The van der Waals surface area contributed by atoms with Gasteiger partial charge in [0, 0.05) is 12.5 Å². The number of primary sulfonamides is 1. The predicted molar refractivity (Wildman–Crippen MR) is 99.2 cm³/mol. The van der Waals surface area contributed by atoms with Crippen molar-refractivity contribution in [2.24, 2.45) is 19.7 Å². The average molecular weight is 432 g/mol. The van der Waals surface area contributed by atoms with Crippen LogP contribution in [-0.2, 0) is 29.3 Å². The molecule has 2 heterocycles. The molecule has 0 atom stereocenters. The second-order valence-electron chi connectivity index (χ2n) is 4.77. The molecule has 0 aliphatic carbocycles. The highest BCUT2D eigenvalue weighted by Gasteiger charge is 2.13. The van der Waals surface area contributed by atoms with Gasteiger partial charge in [0.05, 0.1) is 16.1 Å². The highest BCUT2D eigenvalue weighted by Crippen LogP contribution is 2.37. The summed E-state index contributed by atoms with van der Waals surface area (Å²) in [6, 6.07) is 4.35. The van der Waals surface area contributed by atoms with Crippen molar-refractivity contribution in [3.8, 4) is 0 Å². The normalized spacial score (nSPS) is 13.8. The average Bonchev–Trinajstić information content (AvgIpc) is 3.14. The number of nitrogens with zero attached hydrogens (tertiary/aromatic N) is 5. The van der Waals surface area contributed by atoms with Gasteiger partial charge in [0.15, 0.2) is 15.1 Å². The van der Waals surface area contributed by atoms with E-state index in [-0.39, 0.29) is 10.0 Å². The van der Waals surface area contributed by atoms with Crippen molar-refractivity contribution in [1.29, 1.82) is 0 Å². The van der Waals surface area contributed by atoms with Crippen LogP contribution in [0.3, 0.4) is 0 Å². The zero-order valence-electron chi connectivity index (χ0n) is 13.3. The Balaban J connectivity index is 1.98. The number of fused-ring (bicyclic) bond motifs is 1. The molecule has 0 aliphatic rings. The van der Waals surface area contributed by atoms with Crippen molar-refractivity contribution in [1.82, 2.24) is 9.36 Å². The van der Waals surface area contributed by atoms with E-state index in [1.807, 2.05) is 0 Å². The van der Waals surface area contributed by atoms with E-state index in [9.17, 15) is 12.6 Å². The van der Waals surface area contributed by atoms with Gasteiger partial charge in [-0.15, -0.1) is 10.2 Å². The lowest BCUT2D eigenvalue weighted by molar-refractivity contribution is 0.438. The van der Waals surface area contributed by atoms with Gasteiger partial charge in [-0.25, -0.2) is 18.5 Å². The lowest BCUT2D eigenvalue weighted by Gasteiger charge is -1.97. The van der Waals surface area contributed by atoms with Crippen LogP contribution in [-0.4, -0.2) is 24.9 Å². The van der Waals surface area contributed by atoms with Gasteiger partial charge in [0.2, 0.25) is 10.0 Å². The summed E-state index contributed by atoms with van der Waals surface area (Å²) in [6.07, 6.45) is 0. The van der Waals surface area contributed by atoms with Crippen LogP contribution in [0, 0.1) is 6.92 Å². The summed E-state index contributed by atoms with van der Waals surface area (Å²) in [5, 5.41) is 15.1. The number of benzene rings is 1. The van der Waals surface area contributed by atoms with Crippen LogP contribution in [0.4, 0.5) is 15.1 Å². The van der Waals surface area contributed by atoms with E-state index in [0.717, 1.165) is 22.9 Å². The Morgan fingerprint density at radius 3 is 2.69 bits per heavy atom. The number of sulfonamides is 1. The minimum Gasteiger partial charge on any atom is -0.441 e. The van der Waals surface area contributed by atoms with Crippen LogP contribution < -0.4 is 5.14 Å².